The first-order valence-corrected chi connectivity index (χ1v) is 13.1. The quantitative estimate of drug-likeness (QED) is 0.480. The van der Waals surface area contributed by atoms with Crippen molar-refractivity contribution < 1.29 is 18.0 Å². The molecule has 0 spiro atoms. The lowest BCUT2D eigenvalue weighted by Gasteiger charge is -2.31. The summed E-state index contributed by atoms with van der Waals surface area (Å²) in [4.78, 5) is 27.7. The van der Waals surface area contributed by atoms with Crippen molar-refractivity contribution in [1.82, 2.24) is 10.2 Å². The maximum absolute atomic E-state index is 13.6. The van der Waals surface area contributed by atoms with E-state index in [1.54, 1.807) is 19.1 Å². The van der Waals surface area contributed by atoms with Gasteiger partial charge >= 0.3 is 0 Å². The first-order valence-electron chi connectivity index (χ1n) is 11.3. The molecule has 0 heterocycles. The second-order valence-electron chi connectivity index (χ2n) is 8.24. The van der Waals surface area contributed by atoms with Crippen molar-refractivity contribution in [1.29, 1.82) is 0 Å². The minimum Gasteiger partial charge on any atom is -0.354 e. The molecule has 0 unspecified atom stereocenters. The largest absolute Gasteiger partial charge is 0.354 e. The number of carbonyl (C=O) groups excluding carboxylic acids is 2. The summed E-state index contributed by atoms with van der Waals surface area (Å²) < 4.78 is 26.7. The average Bonchev–Trinajstić information content (AvgIpc) is 2.83. The van der Waals surface area contributed by atoms with Crippen LogP contribution in [0.15, 0.2) is 72.8 Å². The van der Waals surface area contributed by atoms with E-state index in [1.807, 2.05) is 67.6 Å². The number of hydrogen-bond acceptors (Lipinski definition) is 4. The minimum atomic E-state index is -3.79. The van der Waals surface area contributed by atoms with Gasteiger partial charge in [-0.05, 0) is 30.4 Å². The Morgan fingerprint density at radius 3 is 2.26 bits per heavy atom. The van der Waals surface area contributed by atoms with E-state index in [-0.39, 0.29) is 12.5 Å². The highest BCUT2D eigenvalue weighted by Gasteiger charge is 2.30. The predicted octanol–water partition coefficient (Wildman–Crippen LogP) is 3.55. The molecule has 0 saturated heterocycles. The Bertz CT molecular complexity index is 1240. The van der Waals surface area contributed by atoms with Gasteiger partial charge in [0, 0.05) is 18.5 Å². The van der Waals surface area contributed by atoms with Crippen LogP contribution in [0.1, 0.15) is 25.8 Å². The van der Waals surface area contributed by atoms with Gasteiger partial charge in [-0.15, -0.1) is 0 Å². The number of amides is 2. The Morgan fingerprint density at radius 2 is 1.59 bits per heavy atom. The lowest BCUT2D eigenvalue weighted by Crippen LogP contribution is -2.51. The molecule has 3 aromatic carbocycles. The van der Waals surface area contributed by atoms with Crippen molar-refractivity contribution >= 4 is 38.3 Å². The van der Waals surface area contributed by atoms with Gasteiger partial charge in [-0.2, -0.15) is 0 Å². The Hall–Kier alpha value is -3.39. The monoisotopic (exact) mass is 481 g/mol. The zero-order valence-electron chi connectivity index (χ0n) is 19.8. The third-order valence-corrected chi connectivity index (χ3v) is 6.75. The number of rotatable bonds is 10. The van der Waals surface area contributed by atoms with E-state index in [0.717, 1.165) is 33.3 Å². The molecule has 3 rings (SSSR count). The fourth-order valence-corrected chi connectivity index (χ4v) is 4.64. The predicted molar refractivity (Wildman–Crippen MR) is 136 cm³/mol. The molecule has 34 heavy (non-hydrogen) atoms. The second kappa shape index (κ2) is 11.2. The molecule has 7 nitrogen and oxygen atoms in total. The summed E-state index contributed by atoms with van der Waals surface area (Å²) in [6, 6.07) is 21.3. The van der Waals surface area contributed by atoms with Gasteiger partial charge in [0.05, 0.1) is 11.9 Å². The van der Waals surface area contributed by atoms with Crippen LogP contribution in [0.4, 0.5) is 5.69 Å². The lowest BCUT2D eigenvalue weighted by atomic mass is 10.1. The summed E-state index contributed by atoms with van der Waals surface area (Å²) in [7, 11) is -3.79. The molecule has 0 fully saturated rings. The summed E-state index contributed by atoms with van der Waals surface area (Å²) >= 11 is 0. The number of benzene rings is 3. The number of fused-ring (bicyclic) bond motifs is 1. The normalized spacial score (nSPS) is 12.2. The van der Waals surface area contributed by atoms with E-state index in [9.17, 15) is 18.0 Å². The minimum absolute atomic E-state index is 0.188. The molecule has 0 radical (unpaired) electrons. The number of carbonyl (C=O) groups is 2. The molecule has 180 valence electrons. The zero-order valence-corrected chi connectivity index (χ0v) is 20.6. The fourth-order valence-electron chi connectivity index (χ4n) is 3.78. The van der Waals surface area contributed by atoms with Crippen molar-refractivity contribution in [3.63, 3.8) is 0 Å². The van der Waals surface area contributed by atoms with Crippen molar-refractivity contribution in [3.05, 3.63) is 78.4 Å². The summed E-state index contributed by atoms with van der Waals surface area (Å²) in [5, 5.41) is 4.43. The van der Waals surface area contributed by atoms with E-state index < -0.39 is 28.5 Å². The van der Waals surface area contributed by atoms with Gasteiger partial charge in [-0.3, -0.25) is 13.9 Å². The highest BCUT2D eigenvalue weighted by Crippen LogP contribution is 2.28. The van der Waals surface area contributed by atoms with Crippen molar-refractivity contribution in [3.8, 4) is 0 Å². The molecule has 8 heteroatoms. The Balaban J connectivity index is 1.96. The first kappa shape index (κ1) is 25.2. The third-order valence-electron chi connectivity index (χ3n) is 5.63. The summed E-state index contributed by atoms with van der Waals surface area (Å²) in [5.74, 6) is -0.733. The molecule has 0 aliphatic heterocycles. The molecule has 0 aliphatic carbocycles. The van der Waals surface area contributed by atoms with Gasteiger partial charge in [0.1, 0.15) is 12.6 Å². The van der Waals surface area contributed by atoms with Crippen LogP contribution in [0.25, 0.3) is 10.8 Å². The van der Waals surface area contributed by atoms with Crippen LogP contribution < -0.4 is 9.62 Å². The van der Waals surface area contributed by atoms with Crippen LogP contribution in [0.5, 0.6) is 0 Å². The van der Waals surface area contributed by atoms with Crippen molar-refractivity contribution in [2.75, 3.05) is 23.7 Å². The van der Waals surface area contributed by atoms with Crippen LogP contribution in [0.2, 0.25) is 0 Å². The standard InChI is InChI=1S/C26H31N3O4S/c1-4-17-27-26(31)20(2)28(18-21-11-6-5-7-12-21)25(30)19-29(34(3,32)33)24-16-10-14-22-13-8-9-15-23(22)24/h5-16,20H,4,17-19H2,1-3H3,(H,27,31)/t20-/m0/s1. The lowest BCUT2D eigenvalue weighted by molar-refractivity contribution is -0.139. The number of nitrogens with one attached hydrogen (secondary N) is 1. The van der Waals surface area contributed by atoms with Gasteiger partial charge in [-0.25, -0.2) is 8.42 Å². The molecule has 0 aliphatic rings. The Kier molecular flexibility index (Phi) is 8.28. The smallest absolute Gasteiger partial charge is 0.244 e. The number of nitrogens with zero attached hydrogens (tertiary/aromatic N) is 2. The molecule has 2 amide bonds. The van der Waals surface area contributed by atoms with E-state index in [4.69, 9.17) is 0 Å². The van der Waals surface area contributed by atoms with Crippen LogP contribution in [0, 0.1) is 0 Å². The van der Waals surface area contributed by atoms with Gasteiger partial charge in [-0.1, -0.05) is 73.7 Å². The van der Waals surface area contributed by atoms with Crippen LogP contribution >= 0.6 is 0 Å². The molecule has 3 aromatic rings. The highest BCUT2D eigenvalue weighted by molar-refractivity contribution is 7.92. The molecular weight excluding hydrogens is 450 g/mol. The molecular formula is C26H31N3O4S. The number of sulfonamides is 1. The summed E-state index contributed by atoms with van der Waals surface area (Å²) in [6.45, 7) is 3.89. The zero-order chi connectivity index (χ0) is 24.7. The van der Waals surface area contributed by atoms with E-state index in [2.05, 4.69) is 5.32 Å². The average molecular weight is 482 g/mol. The molecule has 1 atom stereocenters. The Morgan fingerprint density at radius 1 is 0.941 bits per heavy atom. The van der Waals surface area contributed by atoms with Crippen LogP contribution in [-0.4, -0.2) is 50.5 Å². The highest BCUT2D eigenvalue weighted by atomic mass is 32.2. The maximum atomic E-state index is 13.6. The summed E-state index contributed by atoms with van der Waals surface area (Å²) in [6.07, 6.45) is 1.86. The van der Waals surface area contributed by atoms with Crippen LogP contribution in [-0.2, 0) is 26.2 Å². The van der Waals surface area contributed by atoms with E-state index in [0.29, 0.717) is 12.2 Å². The fraction of sp³-hybridized carbons (Fsp3) is 0.308. The van der Waals surface area contributed by atoms with Gasteiger partial charge in [0.2, 0.25) is 21.8 Å². The van der Waals surface area contributed by atoms with Crippen molar-refractivity contribution in [2.45, 2.75) is 32.9 Å². The molecule has 0 aromatic heterocycles. The number of anilines is 1. The molecule has 1 N–H and O–H groups in total. The number of hydrogen-bond donors (Lipinski definition) is 1. The van der Waals surface area contributed by atoms with Crippen molar-refractivity contribution in [2.24, 2.45) is 0 Å². The topological polar surface area (TPSA) is 86.8 Å². The van der Waals surface area contributed by atoms with Gasteiger partial charge in [0.15, 0.2) is 0 Å². The second-order valence-corrected chi connectivity index (χ2v) is 10.1. The Labute approximate surface area is 201 Å². The first-order chi connectivity index (χ1) is 16.2. The molecule has 0 saturated carbocycles. The van der Waals surface area contributed by atoms with E-state index >= 15 is 0 Å². The summed E-state index contributed by atoms with van der Waals surface area (Å²) in [5.41, 5.74) is 1.28. The molecule has 0 bridgehead atoms. The van der Waals surface area contributed by atoms with Crippen LogP contribution in [0.3, 0.4) is 0 Å². The van der Waals surface area contributed by atoms with Gasteiger partial charge in [0.25, 0.3) is 0 Å². The van der Waals surface area contributed by atoms with Gasteiger partial charge < -0.3 is 10.2 Å². The third kappa shape index (κ3) is 6.14. The maximum Gasteiger partial charge on any atom is 0.244 e. The van der Waals surface area contributed by atoms with E-state index in [1.165, 1.54) is 4.90 Å². The SMILES string of the molecule is CCCNC(=O)[C@H](C)N(Cc1ccccc1)C(=O)CN(c1cccc2ccccc12)S(C)(=O)=O.